The van der Waals surface area contributed by atoms with E-state index in [1.807, 2.05) is 5.32 Å². The maximum absolute atomic E-state index is 12.3. The van der Waals surface area contributed by atoms with Gasteiger partial charge in [-0.1, -0.05) is 0 Å². The molecule has 9 heteroatoms. The van der Waals surface area contributed by atoms with Gasteiger partial charge in [-0.2, -0.15) is 13.2 Å². The van der Waals surface area contributed by atoms with E-state index in [-0.39, 0.29) is 22.2 Å². The lowest BCUT2D eigenvalue weighted by molar-refractivity contribution is -0.139. The van der Waals surface area contributed by atoms with Crippen LogP contribution in [0.3, 0.4) is 0 Å². The third kappa shape index (κ3) is 5.08. The van der Waals surface area contributed by atoms with E-state index in [0.29, 0.717) is 0 Å². The number of hydrogen-bond donors (Lipinski definition) is 2. The molecule has 2 N–H and O–H groups in total. The van der Waals surface area contributed by atoms with Crippen LogP contribution >= 0.6 is 11.8 Å². The summed E-state index contributed by atoms with van der Waals surface area (Å²) in [6.07, 6.45) is 0. The summed E-state index contributed by atoms with van der Waals surface area (Å²) >= 11 is -0.341. The molecule has 4 nitrogen and oxygen atoms in total. The number of rotatable bonds is 5. The van der Waals surface area contributed by atoms with E-state index in [1.54, 1.807) is 0 Å². The number of carbonyl (C=O) groups excluding carboxylic acids is 1. The number of nitrogens with one attached hydrogen (secondary N) is 1. The molecule has 0 bridgehead atoms. The molecule has 0 saturated heterocycles. The number of carboxylic acids is 1. The molecule has 0 heterocycles. The van der Waals surface area contributed by atoms with Crippen molar-refractivity contribution in [2.75, 3.05) is 6.67 Å². The Morgan fingerprint density at radius 2 is 1.80 bits per heavy atom. The van der Waals surface area contributed by atoms with Crippen molar-refractivity contribution in [2.45, 2.75) is 16.4 Å². The third-order valence-corrected chi connectivity index (χ3v) is 2.85. The van der Waals surface area contributed by atoms with Crippen LogP contribution in [0.4, 0.5) is 17.6 Å². The molecule has 1 unspecified atom stereocenters. The molecule has 0 aliphatic carbocycles. The third-order valence-electron chi connectivity index (χ3n) is 2.11. The first kappa shape index (κ1) is 16.3. The number of carbonyl (C=O) groups is 2. The lowest BCUT2D eigenvalue weighted by atomic mass is 10.2. The van der Waals surface area contributed by atoms with E-state index in [9.17, 15) is 27.2 Å². The zero-order valence-corrected chi connectivity index (χ0v) is 10.6. The van der Waals surface area contributed by atoms with E-state index >= 15 is 0 Å². The molecule has 0 spiro atoms. The fraction of sp³-hybridized carbons (Fsp3) is 0.273. The predicted molar refractivity (Wildman–Crippen MR) is 63.2 cm³/mol. The van der Waals surface area contributed by atoms with Crippen molar-refractivity contribution in [3.8, 4) is 0 Å². The van der Waals surface area contributed by atoms with Crippen LogP contribution in [0.15, 0.2) is 29.2 Å². The van der Waals surface area contributed by atoms with Crippen LogP contribution in [0.1, 0.15) is 10.4 Å². The van der Waals surface area contributed by atoms with Crippen molar-refractivity contribution in [3.63, 3.8) is 0 Å². The second-order valence-electron chi connectivity index (χ2n) is 3.59. The molecule has 20 heavy (non-hydrogen) atoms. The summed E-state index contributed by atoms with van der Waals surface area (Å²) in [7, 11) is 0. The molecule has 1 atom stereocenters. The molecule has 0 radical (unpaired) electrons. The highest BCUT2D eigenvalue weighted by Gasteiger charge is 2.29. The number of alkyl halides is 4. The number of halogens is 4. The van der Waals surface area contributed by atoms with Gasteiger partial charge in [-0.05, 0) is 36.0 Å². The first-order chi connectivity index (χ1) is 9.23. The van der Waals surface area contributed by atoms with Crippen molar-refractivity contribution in [3.05, 3.63) is 29.8 Å². The maximum atomic E-state index is 12.3. The van der Waals surface area contributed by atoms with Crippen LogP contribution < -0.4 is 5.32 Å². The Balaban J connectivity index is 2.73. The molecule has 0 saturated carbocycles. The zero-order chi connectivity index (χ0) is 15.3. The molecular weight excluding hydrogens is 302 g/mol. The second kappa shape index (κ2) is 6.60. The summed E-state index contributed by atoms with van der Waals surface area (Å²) in [4.78, 5) is 22.0. The van der Waals surface area contributed by atoms with Gasteiger partial charge in [0.25, 0.3) is 5.91 Å². The molecule has 0 fully saturated rings. The molecule has 110 valence electrons. The highest BCUT2D eigenvalue weighted by molar-refractivity contribution is 8.00. The minimum atomic E-state index is -4.44. The van der Waals surface area contributed by atoms with Gasteiger partial charge in [0.2, 0.25) is 0 Å². The van der Waals surface area contributed by atoms with Gasteiger partial charge in [0, 0.05) is 10.5 Å². The first-order valence-corrected chi connectivity index (χ1v) is 6.00. The molecule has 0 aromatic heterocycles. The Labute approximate surface area is 115 Å². The summed E-state index contributed by atoms with van der Waals surface area (Å²) in [5, 5.41) is 10.5. The zero-order valence-electron chi connectivity index (χ0n) is 9.78. The monoisotopic (exact) mass is 311 g/mol. The Hall–Kier alpha value is -1.77. The summed E-state index contributed by atoms with van der Waals surface area (Å²) in [6, 6.07) is 2.64. The molecular formula is C11H9F4NO3S. The second-order valence-corrected chi connectivity index (χ2v) is 4.73. The van der Waals surface area contributed by atoms with Crippen molar-refractivity contribution in [2.24, 2.45) is 0 Å². The van der Waals surface area contributed by atoms with E-state index in [1.165, 1.54) is 0 Å². The minimum absolute atomic E-state index is 0.0591. The van der Waals surface area contributed by atoms with Crippen molar-refractivity contribution in [1.82, 2.24) is 5.32 Å². The van der Waals surface area contributed by atoms with Gasteiger partial charge in [-0.25, -0.2) is 9.18 Å². The number of hydrogen-bond acceptors (Lipinski definition) is 3. The minimum Gasteiger partial charge on any atom is -0.480 e. The number of carboxylic acid groups (broad SMARTS) is 1. The van der Waals surface area contributed by atoms with Gasteiger partial charge in [0.15, 0.2) is 6.04 Å². The topological polar surface area (TPSA) is 66.4 Å². The van der Waals surface area contributed by atoms with E-state index in [2.05, 4.69) is 0 Å². The summed E-state index contributed by atoms with van der Waals surface area (Å²) < 4.78 is 48.6. The molecule has 0 aliphatic rings. The van der Waals surface area contributed by atoms with Crippen molar-refractivity contribution < 1.29 is 32.3 Å². The van der Waals surface area contributed by atoms with Crippen LogP contribution in [0.2, 0.25) is 0 Å². The van der Waals surface area contributed by atoms with E-state index in [4.69, 9.17) is 5.11 Å². The average molecular weight is 311 g/mol. The van der Waals surface area contributed by atoms with Crippen molar-refractivity contribution >= 4 is 23.6 Å². The van der Waals surface area contributed by atoms with Crippen LogP contribution in [0.5, 0.6) is 0 Å². The van der Waals surface area contributed by atoms with E-state index < -0.39 is 30.1 Å². The average Bonchev–Trinajstić information content (AvgIpc) is 2.34. The highest BCUT2D eigenvalue weighted by Crippen LogP contribution is 2.36. The quantitative estimate of drug-likeness (QED) is 0.647. The van der Waals surface area contributed by atoms with E-state index in [0.717, 1.165) is 24.3 Å². The molecule has 1 amide bonds. The van der Waals surface area contributed by atoms with Gasteiger partial charge in [-0.3, -0.25) is 4.79 Å². The summed E-state index contributed by atoms with van der Waals surface area (Å²) in [5.41, 5.74) is -4.50. The Bertz CT molecular complexity index is 489. The van der Waals surface area contributed by atoms with Crippen molar-refractivity contribution in [1.29, 1.82) is 0 Å². The Morgan fingerprint density at radius 1 is 1.25 bits per heavy atom. The summed E-state index contributed by atoms with van der Waals surface area (Å²) in [6.45, 7) is -1.29. The standard InChI is InChI=1S/C11H9F4NO3S/c12-5-8(10(18)19)16-9(17)6-1-3-7(4-2-6)20-11(13,14)15/h1-4,8H,5H2,(H,16,17)(H,18,19). The largest absolute Gasteiger partial charge is 0.480 e. The van der Waals surface area contributed by atoms with Gasteiger partial charge in [0.05, 0.1) is 0 Å². The van der Waals surface area contributed by atoms with Gasteiger partial charge in [0.1, 0.15) is 6.67 Å². The molecule has 0 aliphatic heterocycles. The van der Waals surface area contributed by atoms with Gasteiger partial charge in [-0.15, -0.1) is 0 Å². The SMILES string of the molecule is O=C(NC(CF)C(=O)O)c1ccc(SC(F)(F)F)cc1. The summed E-state index contributed by atoms with van der Waals surface area (Å²) in [5.74, 6) is -2.41. The lowest BCUT2D eigenvalue weighted by Gasteiger charge is -2.11. The Morgan fingerprint density at radius 3 is 2.20 bits per heavy atom. The first-order valence-electron chi connectivity index (χ1n) is 5.18. The molecule has 1 rings (SSSR count). The number of benzene rings is 1. The predicted octanol–water partition coefficient (Wildman–Crippen LogP) is 2.45. The van der Waals surface area contributed by atoms with Crippen LogP contribution in [0.25, 0.3) is 0 Å². The smallest absolute Gasteiger partial charge is 0.446 e. The molecule has 1 aromatic carbocycles. The number of aliphatic carboxylic acids is 1. The molecule has 1 aromatic rings. The lowest BCUT2D eigenvalue weighted by Crippen LogP contribution is -2.42. The fourth-order valence-corrected chi connectivity index (χ4v) is 1.76. The van der Waals surface area contributed by atoms with Crippen LogP contribution in [0, 0.1) is 0 Å². The highest BCUT2D eigenvalue weighted by atomic mass is 32.2. The van der Waals surface area contributed by atoms with Gasteiger partial charge >= 0.3 is 11.5 Å². The van der Waals surface area contributed by atoms with Gasteiger partial charge < -0.3 is 10.4 Å². The normalized spacial score (nSPS) is 12.8. The van der Waals surface area contributed by atoms with Crippen LogP contribution in [-0.2, 0) is 4.79 Å². The number of thioether (sulfide) groups is 1. The number of amides is 1. The maximum Gasteiger partial charge on any atom is 0.446 e. The fourth-order valence-electron chi connectivity index (χ4n) is 1.22. The Kier molecular flexibility index (Phi) is 5.37. The van der Waals surface area contributed by atoms with Crippen LogP contribution in [-0.4, -0.2) is 35.2 Å².